The quantitative estimate of drug-likeness (QED) is 0.783. The van der Waals surface area contributed by atoms with Gasteiger partial charge in [0.2, 0.25) is 0 Å². The lowest BCUT2D eigenvalue weighted by Crippen LogP contribution is -2.47. The molecule has 1 aromatic carbocycles. The average molecular weight is 330 g/mol. The highest BCUT2D eigenvalue weighted by Gasteiger charge is 2.24. The maximum atomic E-state index is 12.0. The summed E-state index contributed by atoms with van der Waals surface area (Å²) >= 11 is 0. The lowest BCUT2D eigenvalue weighted by molar-refractivity contribution is 0.192. The minimum Gasteiger partial charge on any atom is -0.492 e. The molecular formula is C18H26N4O2. The van der Waals surface area contributed by atoms with Gasteiger partial charge in [-0.25, -0.2) is 4.79 Å². The van der Waals surface area contributed by atoms with Gasteiger partial charge in [-0.2, -0.15) is 5.26 Å². The van der Waals surface area contributed by atoms with Crippen molar-refractivity contribution in [3.05, 3.63) is 29.8 Å². The lowest BCUT2D eigenvalue weighted by atomic mass is 9.90. The Kier molecular flexibility index (Phi) is 6.89. The van der Waals surface area contributed by atoms with E-state index in [4.69, 9.17) is 10.00 Å². The number of hydrogen-bond donors (Lipinski definition) is 2. The summed E-state index contributed by atoms with van der Waals surface area (Å²) in [7, 11) is 4.18. The Morgan fingerprint density at radius 2 is 2.08 bits per heavy atom. The van der Waals surface area contributed by atoms with E-state index in [1.165, 1.54) is 6.42 Å². The Hall–Kier alpha value is -2.26. The van der Waals surface area contributed by atoms with Crippen LogP contribution in [0, 0.1) is 11.3 Å². The van der Waals surface area contributed by atoms with E-state index in [0.717, 1.165) is 19.3 Å². The third-order valence-electron chi connectivity index (χ3n) is 4.35. The number of carbonyl (C=O) groups is 1. The van der Waals surface area contributed by atoms with E-state index in [0.29, 0.717) is 30.5 Å². The summed E-state index contributed by atoms with van der Waals surface area (Å²) in [6.45, 7) is 0.833. The summed E-state index contributed by atoms with van der Waals surface area (Å²) in [6.07, 6.45) is 4.39. The van der Waals surface area contributed by atoms with E-state index in [2.05, 4.69) is 35.7 Å². The third-order valence-corrected chi connectivity index (χ3v) is 4.35. The van der Waals surface area contributed by atoms with Gasteiger partial charge in [-0.1, -0.05) is 0 Å². The SMILES string of the molecule is CN(C)[C@H]1CCC[C@H](NC(=O)NCCOc2ccc(C#N)cc2)C1. The van der Waals surface area contributed by atoms with Crippen LogP contribution in [0.2, 0.25) is 0 Å². The van der Waals surface area contributed by atoms with Crippen LogP contribution in [0.15, 0.2) is 24.3 Å². The van der Waals surface area contributed by atoms with Gasteiger partial charge in [0.25, 0.3) is 0 Å². The van der Waals surface area contributed by atoms with Crippen LogP contribution in [0.5, 0.6) is 5.75 Å². The van der Waals surface area contributed by atoms with Crippen molar-refractivity contribution >= 4 is 6.03 Å². The third kappa shape index (κ3) is 5.74. The predicted octanol–water partition coefficient (Wildman–Crippen LogP) is 2.11. The van der Waals surface area contributed by atoms with Crippen LogP contribution in [0.25, 0.3) is 0 Å². The van der Waals surface area contributed by atoms with Gasteiger partial charge in [0.1, 0.15) is 12.4 Å². The topological polar surface area (TPSA) is 77.4 Å². The summed E-state index contributed by atoms with van der Waals surface area (Å²) in [4.78, 5) is 14.2. The Bertz CT molecular complexity index is 565. The molecule has 0 saturated heterocycles. The van der Waals surface area contributed by atoms with Crippen molar-refractivity contribution in [2.75, 3.05) is 27.2 Å². The van der Waals surface area contributed by atoms with Crippen LogP contribution < -0.4 is 15.4 Å². The first-order chi connectivity index (χ1) is 11.6. The first kappa shape index (κ1) is 18.1. The Labute approximate surface area is 143 Å². The predicted molar refractivity (Wildman–Crippen MR) is 92.9 cm³/mol. The van der Waals surface area contributed by atoms with Crippen LogP contribution in [0.4, 0.5) is 4.79 Å². The number of benzene rings is 1. The molecule has 1 saturated carbocycles. The second kappa shape index (κ2) is 9.14. The first-order valence-electron chi connectivity index (χ1n) is 8.42. The Morgan fingerprint density at radius 1 is 1.33 bits per heavy atom. The van der Waals surface area contributed by atoms with Gasteiger partial charge in [-0.3, -0.25) is 0 Å². The standard InChI is InChI=1S/C18H26N4O2/c1-22(2)16-5-3-4-15(12-16)21-18(23)20-10-11-24-17-8-6-14(13-19)7-9-17/h6-9,15-16H,3-5,10-12H2,1-2H3,(H2,20,21,23)/t15-,16-/m0/s1. The van der Waals surface area contributed by atoms with Crippen LogP contribution >= 0.6 is 0 Å². The number of urea groups is 1. The van der Waals surface area contributed by atoms with Crippen LogP contribution in [-0.2, 0) is 0 Å². The van der Waals surface area contributed by atoms with Crippen molar-refractivity contribution in [1.29, 1.82) is 5.26 Å². The maximum absolute atomic E-state index is 12.0. The van der Waals surface area contributed by atoms with Gasteiger partial charge >= 0.3 is 6.03 Å². The zero-order valence-corrected chi connectivity index (χ0v) is 14.4. The molecule has 130 valence electrons. The molecule has 0 radical (unpaired) electrons. The molecule has 2 N–H and O–H groups in total. The molecule has 1 aliphatic rings. The molecule has 2 amide bonds. The molecule has 1 aliphatic carbocycles. The fraction of sp³-hybridized carbons (Fsp3) is 0.556. The normalized spacial score (nSPS) is 20.2. The summed E-state index contributed by atoms with van der Waals surface area (Å²) in [5.74, 6) is 0.692. The zero-order chi connectivity index (χ0) is 17.4. The van der Waals surface area contributed by atoms with E-state index in [1.54, 1.807) is 24.3 Å². The molecule has 1 fully saturated rings. The summed E-state index contributed by atoms with van der Waals surface area (Å²) < 4.78 is 5.54. The first-order valence-corrected chi connectivity index (χ1v) is 8.42. The number of nitrogens with zero attached hydrogens (tertiary/aromatic N) is 2. The van der Waals surface area contributed by atoms with Gasteiger partial charge < -0.3 is 20.3 Å². The summed E-state index contributed by atoms with van der Waals surface area (Å²) in [6, 6.07) is 9.63. The highest BCUT2D eigenvalue weighted by atomic mass is 16.5. The minimum absolute atomic E-state index is 0.136. The van der Waals surface area contributed by atoms with E-state index in [-0.39, 0.29) is 12.1 Å². The van der Waals surface area contributed by atoms with E-state index < -0.39 is 0 Å². The number of amides is 2. The molecule has 2 atom stereocenters. The Balaban J connectivity index is 1.63. The molecule has 0 aliphatic heterocycles. The number of rotatable bonds is 6. The summed E-state index contributed by atoms with van der Waals surface area (Å²) in [5.41, 5.74) is 0.600. The van der Waals surface area contributed by atoms with Gasteiger partial charge in [0.15, 0.2) is 0 Å². The smallest absolute Gasteiger partial charge is 0.315 e. The monoisotopic (exact) mass is 330 g/mol. The zero-order valence-electron chi connectivity index (χ0n) is 14.4. The van der Waals surface area contributed by atoms with Crippen molar-refractivity contribution in [1.82, 2.24) is 15.5 Å². The van der Waals surface area contributed by atoms with Crippen molar-refractivity contribution in [2.45, 2.75) is 37.8 Å². The number of nitriles is 1. The van der Waals surface area contributed by atoms with E-state index in [1.807, 2.05) is 0 Å². The van der Waals surface area contributed by atoms with E-state index >= 15 is 0 Å². The van der Waals surface area contributed by atoms with Crippen molar-refractivity contribution in [3.63, 3.8) is 0 Å². The molecule has 1 aromatic rings. The molecule has 6 nitrogen and oxygen atoms in total. The van der Waals surface area contributed by atoms with Gasteiger partial charge in [-0.05, 0) is 64.0 Å². The van der Waals surface area contributed by atoms with Crippen LogP contribution in [-0.4, -0.2) is 50.3 Å². The fourth-order valence-corrected chi connectivity index (χ4v) is 2.96. The Morgan fingerprint density at radius 3 is 2.75 bits per heavy atom. The molecule has 24 heavy (non-hydrogen) atoms. The highest BCUT2D eigenvalue weighted by Crippen LogP contribution is 2.21. The molecule has 0 bridgehead atoms. The number of nitrogens with one attached hydrogen (secondary N) is 2. The summed E-state index contributed by atoms with van der Waals surface area (Å²) in [5, 5.41) is 14.6. The second-order valence-electron chi connectivity index (χ2n) is 6.37. The molecule has 0 heterocycles. The number of hydrogen-bond acceptors (Lipinski definition) is 4. The van der Waals surface area contributed by atoms with Crippen molar-refractivity contribution in [3.8, 4) is 11.8 Å². The van der Waals surface area contributed by atoms with Gasteiger partial charge in [0.05, 0.1) is 18.2 Å². The molecule has 2 rings (SSSR count). The molecular weight excluding hydrogens is 304 g/mol. The van der Waals surface area contributed by atoms with Gasteiger partial charge in [0, 0.05) is 12.1 Å². The molecule has 6 heteroatoms. The maximum Gasteiger partial charge on any atom is 0.315 e. The molecule has 0 spiro atoms. The molecule has 0 unspecified atom stereocenters. The van der Waals surface area contributed by atoms with Gasteiger partial charge in [-0.15, -0.1) is 0 Å². The lowest BCUT2D eigenvalue weighted by Gasteiger charge is -2.33. The fourth-order valence-electron chi connectivity index (χ4n) is 2.96. The number of ether oxygens (including phenoxy) is 1. The highest BCUT2D eigenvalue weighted by molar-refractivity contribution is 5.74. The minimum atomic E-state index is -0.136. The largest absolute Gasteiger partial charge is 0.492 e. The molecule has 0 aromatic heterocycles. The number of carbonyl (C=O) groups excluding carboxylic acids is 1. The second-order valence-corrected chi connectivity index (χ2v) is 6.37. The van der Waals surface area contributed by atoms with E-state index in [9.17, 15) is 4.79 Å². The van der Waals surface area contributed by atoms with Crippen molar-refractivity contribution in [2.24, 2.45) is 0 Å². The van der Waals surface area contributed by atoms with Crippen LogP contribution in [0.1, 0.15) is 31.2 Å². The van der Waals surface area contributed by atoms with Crippen molar-refractivity contribution < 1.29 is 9.53 Å². The van der Waals surface area contributed by atoms with Crippen LogP contribution in [0.3, 0.4) is 0 Å². The average Bonchev–Trinajstić information content (AvgIpc) is 2.59.